The summed E-state index contributed by atoms with van der Waals surface area (Å²) in [6.07, 6.45) is 0. The number of aliphatic hydroxyl groups is 2. The lowest BCUT2D eigenvalue weighted by atomic mass is 10.3. The maximum Gasteiger partial charge on any atom is 0.333 e. The van der Waals surface area contributed by atoms with Gasteiger partial charge in [0, 0.05) is 5.57 Å². The molecule has 12 heavy (non-hydrogen) atoms. The summed E-state index contributed by atoms with van der Waals surface area (Å²) in [7, 11) is 0. The van der Waals surface area contributed by atoms with Crippen molar-refractivity contribution in [2.75, 3.05) is 12.5 Å². The predicted molar refractivity (Wildman–Crippen MR) is 43.7 cm³/mol. The van der Waals surface area contributed by atoms with E-state index in [1.54, 1.807) is 0 Å². The molecule has 5 heteroatoms. The van der Waals surface area contributed by atoms with Gasteiger partial charge in [0.15, 0.2) is 0 Å². The van der Waals surface area contributed by atoms with Crippen LogP contribution < -0.4 is 0 Å². The maximum absolute atomic E-state index is 10.7. The molecular weight excluding hydrogens is 184 g/mol. The van der Waals surface area contributed by atoms with E-state index >= 15 is 0 Å². The largest absolute Gasteiger partial charge is 0.457 e. The van der Waals surface area contributed by atoms with Gasteiger partial charge < -0.3 is 14.9 Å². The lowest BCUT2D eigenvalue weighted by Gasteiger charge is -2.17. The first-order valence-electron chi connectivity index (χ1n) is 3.22. The van der Waals surface area contributed by atoms with Gasteiger partial charge in [0.2, 0.25) is 5.79 Å². The SMILES string of the molecule is C=C(C)C(=O)OCC(O)(O)CCl. The molecule has 2 N–H and O–H groups in total. The molecule has 0 fully saturated rings. The predicted octanol–water partition coefficient (Wildman–Crippen LogP) is 0.0254. The highest BCUT2D eigenvalue weighted by Crippen LogP contribution is 2.04. The second-order valence-corrected chi connectivity index (χ2v) is 2.74. The van der Waals surface area contributed by atoms with Crippen LogP contribution >= 0.6 is 11.6 Å². The van der Waals surface area contributed by atoms with Crippen LogP contribution in [0.25, 0.3) is 0 Å². The standard InChI is InChI=1S/C7H11ClO4/c1-5(2)6(9)12-4-7(10,11)3-8/h10-11H,1,3-4H2,2H3. The highest BCUT2D eigenvalue weighted by Gasteiger charge is 2.23. The third-order valence-corrected chi connectivity index (χ3v) is 1.42. The number of hydrogen-bond acceptors (Lipinski definition) is 4. The molecule has 0 unspecified atom stereocenters. The molecule has 0 spiro atoms. The van der Waals surface area contributed by atoms with Crippen LogP contribution in [0.5, 0.6) is 0 Å². The van der Waals surface area contributed by atoms with Gasteiger partial charge in [0.1, 0.15) is 6.61 Å². The lowest BCUT2D eigenvalue weighted by molar-refractivity contribution is -0.187. The van der Waals surface area contributed by atoms with E-state index in [-0.39, 0.29) is 5.57 Å². The van der Waals surface area contributed by atoms with Gasteiger partial charge in [-0.3, -0.25) is 0 Å². The summed E-state index contributed by atoms with van der Waals surface area (Å²) in [6, 6.07) is 0. The summed E-state index contributed by atoms with van der Waals surface area (Å²) in [5.41, 5.74) is 0.195. The van der Waals surface area contributed by atoms with E-state index in [9.17, 15) is 4.79 Å². The first-order valence-corrected chi connectivity index (χ1v) is 3.76. The number of esters is 1. The van der Waals surface area contributed by atoms with Crippen LogP contribution in [0.1, 0.15) is 6.92 Å². The molecule has 0 aromatic carbocycles. The van der Waals surface area contributed by atoms with Crippen LogP contribution in [-0.4, -0.2) is 34.5 Å². The Morgan fingerprint density at radius 2 is 2.17 bits per heavy atom. The molecule has 0 aliphatic rings. The van der Waals surface area contributed by atoms with Crippen molar-refractivity contribution in [3.05, 3.63) is 12.2 Å². The van der Waals surface area contributed by atoms with Gasteiger partial charge >= 0.3 is 5.97 Å². The molecule has 0 aliphatic heterocycles. The highest BCUT2D eigenvalue weighted by molar-refractivity contribution is 6.18. The number of rotatable bonds is 4. The molecule has 0 radical (unpaired) electrons. The van der Waals surface area contributed by atoms with Crippen LogP contribution in [0.15, 0.2) is 12.2 Å². The van der Waals surface area contributed by atoms with Crippen LogP contribution in [-0.2, 0) is 9.53 Å². The molecule has 0 saturated carbocycles. The zero-order valence-corrected chi connectivity index (χ0v) is 7.47. The van der Waals surface area contributed by atoms with E-state index < -0.39 is 24.2 Å². The van der Waals surface area contributed by atoms with Crippen molar-refractivity contribution in [2.24, 2.45) is 0 Å². The Bertz CT molecular complexity index is 188. The average Bonchev–Trinajstić information content (AvgIpc) is 2.00. The fraction of sp³-hybridized carbons (Fsp3) is 0.571. The van der Waals surface area contributed by atoms with Gasteiger partial charge in [-0.05, 0) is 6.92 Å². The first kappa shape index (κ1) is 11.4. The second kappa shape index (κ2) is 4.45. The first-order chi connectivity index (χ1) is 5.39. The lowest BCUT2D eigenvalue weighted by Crippen LogP contribution is -2.37. The summed E-state index contributed by atoms with van der Waals surface area (Å²) in [5.74, 6) is -3.25. The molecule has 0 atom stereocenters. The molecule has 0 aromatic rings. The Hall–Kier alpha value is -0.580. The Labute approximate surface area is 75.4 Å². The van der Waals surface area contributed by atoms with Crippen LogP contribution in [0, 0.1) is 0 Å². The molecule has 0 aromatic heterocycles. The summed E-state index contributed by atoms with van der Waals surface area (Å²) >= 11 is 5.14. The zero-order valence-electron chi connectivity index (χ0n) is 6.71. The summed E-state index contributed by atoms with van der Waals surface area (Å²) in [4.78, 5) is 10.7. The molecule has 0 rings (SSSR count). The number of ether oxygens (including phenoxy) is 1. The van der Waals surface area contributed by atoms with Crippen LogP contribution in [0.3, 0.4) is 0 Å². The Kier molecular flexibility index (Phi) is 4.23. The number of carbonyl (C=O) groups is 1. The number of hydrogen-bond donors (Lipinski definition) is 2. The van der Waals surface area contributed by atoms with E-state index in [1.165, 1.54) is 6.92 Å². The molecule has 0 heterocycles. The van der Waals surface area contributed by atoms with Gasteiger partial charge in [-0.25, -0.2) is 4.79 Å². The number of alkyl halides is 1. The summed E-state index contributed by atoms with van der Waals surface area (Å²) in [5, 5.41) is 17.7. The minimum absolute atomic E-state index is 0.195. The molecule has 4 nitrogen and oxygen atoms in total. The Morgan fingerprint density at radius 3 is 2.50 bits per heavy atom. The number of halogens is 1. The van der Waals surface area contributed by atoms with Crippen molar-refractivity contribution in [3.63, 3.8) is 0 Å². The van der Waals surface area contributed by atoms with Crippen molar-refractivity contribution in [3.8, 4) is 0 Å². The van der Waals surface area contributed by atoms with Gasteiger partial charge in [-0.15, -0.1) is 11.6 Å². The normalized spacial score (nSPS) is 11.0. The fourth-order valence-electron chi connectivity index (χ4n) is 0.343. The van der Waals surface area contributed by atoms with Crippen molar-refractivity contribution >= 4 is 17.6 Å². The van der Waals surface area contributed by atoms with Crippen molar-refractivity contribution in [1.29, 1.82) is 0 Å². The summed E-state index contributed by atoms with van der Waals surface area (Å²) < 4.78 is 4.44. The van der Waals surface area contributed by atoms with E-state index in [0.29, 0.717) is 0 Å². The molecule has 0 amide bonds. The van der Waals surface area contributed by atoms with Gasteiger partial charge in [-0.1, -0.05) is 6.58 Å². The highest BCUT2D eigenvalue weighted by atomic mass is 35.5. The molecule has 0 aliphatic carbocycles. The van der Waals surface area contributed by atoms with Crippen molar-refractivity contribution in [2.45, 2.75) is 12.7 Å². The monoisotopic (exact) mass is 194 g/mol. The van der Waals surface area contributed by atoms with Gasteiger partial charge in [0.25, 0.3) is 0 Å². The maximum atomic E-state index is 10.7. The van der Waals surface area contributed by atoms with E-state index in [0.717, 1.165) is 0 Å². The second-order valence-electron chi connectivity index (χ2n) is 2.47. The van der Waals surface area contributed by atoms with Crippen LogP contribution in [0.2, 0.25) is 0 Å². The summed E-state index contributed by atoms with van der Waals surface area (Å²) in [6.45, 7) is 4.22. The van der Waals surface area contributed by atoms with E-state index in [4.69, 9.17) is 21.8 Å². The van der Waals surface area contributed by atoms with Crippen LogP contribution in [0.4, 0.5) is 0 Å². The van der Waals surface area contributed by atoms with Crippen molar-refractivity contribution < 1.29 is 19.7 Å². The minimum Gasteiger partial charge on any atom is -0.457 e. The van der Waals surface area contributed by atoms with Crippen molar-refractivity contribution in [1.82, 2.24) is 0 Å². The quantitative estimate of drug-likeness (QED) is 0.287. The third kappa shape index (κ3) is 4.33. The minimum atomic E-state index is -2.16. The third-order valence-electron chi connectivity index (χ3n) is 0.997. The van der Waals surface area contributed by atoms with Gasteiger partial charge in [-0.2, -0.15) is 0 Å². The number of carbonyl (C=O) groups excluding carboxylic acids is 1. The van der Waals surface area contributed by atoms with E-state index in [2.05, 4.69) is 11.3 Å². The molecule has 0 saturated heterocycles. The molecule has 70 valence electrons. The van der Waals surface area contributed by atoms with E-state index in [1.807, 2.05) is 0 Å². The molecular formula is C7H11ClO4. The smallest absolute Gasteiger partial charge is 0.333 e. The Morgan fingerprint density at radius 1 is 1.67 bits per heavy atom. The molecule has 0 bridgehead atoms. The van der Waals surface area contributed by atoms with Gasteiger partial charge in [0.05, 0.1) is 5.88 Å². The Balaban J connectivity index is 3.83. The topological polar surface area (TPSA) is 66.8 Å². The fourth-order valence-corrected chi connectivity index (χ4v) is 0.420. The zero-order chi connectivity index (χ0) is 9.78. The average molecular weight is 195 g/mol.